The molecule has 0 amide bonds. The number of nitrogens with one attached hydrogen (secondary N) is 1. The number of thiophene rings is 1. The lowest BCUT2D eigenvalue weighted by Crippen LogP contribution is -2.29. The van der Waals surface area contributed by atoms with Crippen molar-refractivity contribution in [2.24, 2.45) is 5.84 Å². The average Bonchev–Trinajstić information content (AvgIpc) is 2.77. The van der Waals surface area contributed by atoms with E-state index in [1.54, 1.807) is 17.4 Å². The lowest BCUT2D eigenvalue weighted by atomic mass is 9.99. The molecule has 1 heterocycles. The number of halogens is 2. The summed E-state index contributed by atoms with van der Waals surface area (Å²) in [6.07, 6.45) is 0.716. The zero-order valence-corrected chi connectivity index (χ0v) is 12.2. The number of hydrogen-bond donors (Lipinski definition) is 2. The van der Waals surface area contributed by atoms with Gasteiger partial charge in [0.05, 0.1) is 6.04 Å². The van der Waals surface area contributed by atoms with Gasteiger partial charge in [-0.25, -0.2) is 0 Å². The molecule has 0 aliphatic heterocycles. The van der Waals surface area contributed by atoms with Crippen LogP contribution in [-0.2, 0) is 6.42 Å². The third-order valence-electron chi connectivity index (χ3n) is 2.90. The molecule has 0 aliphatic rings. The van der Waals surface area contributed by atoms with Crippen LogP contribution in [0.1, 0.15) is 22.7 Å². The Labute approximate surface area is 121 Å². The first-order chi connectivity index (χ1) is 8.61. The van der Waals surface area contributed by atoms with Gasteiger partial charge in [0.15, 0.2) is 0 Å². The molecule has 2 rings (SSSR count). The number of hydrazine groups is 1. The SMILES string of the molecule is Cc1cscc1C(Cc1cc(Cl)ccc1Cl)NN. The van der Waals surface area contributed by atoms with E-state index in [9.17, 15) is 0 Å². The summed E-state index contributed by atoms with van der Waals surface area (Å²) in [5, 5.41) is 5.62. The predicted octanol–water partition coefficient (Wildman–Crippen LogP) is 4.11. The Hall–Kier alpha value is -0.580. The van der Waals surface area contributed by atoms with Crippen molar-refractivity contribution in [2.75, 3.05) is 0 Å². The number of hydrogen-bond acceptors (Lipinski definition) is 3. The van der Waals surface area contributed by atoms with E-state index < -0.39 is 0 Å². The number of benzene rings is 1. The molecule has 2 aromatic rings. The summed E-state index contributed by atoms with van der Waals surface area (Å²) in [4.78, 5) is 0. The maximum atomic E-state index is 6.17. The first-order valence-electron chi connectivity index (χ1n) is 5.54. The first kappa shape index (κ1) is 13.8. The van der Waals surface area contributed by atoms with Crippen LogP contribution in [0.15, 0.2) is 29.0 Å². The highest BCUT2D eigenvalue weighted by Gasteiger charge is 2.15. The highest BCUT2D eigenvalue weighted by molar-refractivity contribution is 7.08. The van der Waals surface area contributed by atoms with Crippen LogP contribution in [0.4, 0.5) is 0 Å². The molecule has 3 N–H and O–H groups in total. The molecular formula is C13H14Cl2N2S. The summed E-state index contributed by atoms with van der Waals surface area (Å²) in [6, 6.07) is 5.53. The van der Waals surface area contributed by atoms with Crippen LogP contribution in [0, 0.1) is 6.92 Å². The number of aryl methyl sites for hydroxylation is 1. The minimum absolute atomic E-state index is 0.0483. The molecule has 0 fully saturated rings. The van der Waals surface area contributed by atoms with Crippen molar-refractivity contribution in [3.05, 3.63) is 55.7 Å². The summed E-state index contributed by atoms with van der Waals surface area (Å²) < 4.78 is 0. The van der Waals surface area contributed by atoms with Crippen LogP contribution >= 0.6 is 34.5 Å². The Morgan fingerprint density at radius 1 is 1.33 bits per heavy atom. The summed E-state index contributed by atoms with van der Waals surface area (Å²) >= 11 is 13.8. The molecule has 1 aromatic heterocycles. The van der Waals surface area contributed by atoms with Crippen molar-refractivity contribution in [1.82, 2.24) is 5.43 Å². The van der Waals surface area contributed by atoms with Crippen molar-refractivity contribution in [3.63, 3.8) is 0 Å². The van der Waals surface area contributed by atoms with Crippen LogP contribution in [-0.4, -0.2) is 0 Å². The van der Waals surface area contributed by atoms with E-state index in [1.807, 2.05) is 12.1 Å². The second-order valence-corrected chi connectivity index (χ2v) is 5.76. The van der Waals surface area contributed by atoms with Gasteiger partial charge in [0.25, 0.3) is 0 Å². The lowest BCUT2D eigenvalue weighted by molar-refractivity contribution is 0.551. The van der Waals surface area contributed by atoms with Crippen molar-refractivity contribution in [3.8, 4) is 0 Å². The Kier molecular flexibility index (Phi) is 4.65. The Morgan fingerprint density at radius 2 is 2.11 bits per heavy atom. The van der Waals surface area contributed by atoms with E-state index in [0.29, 0.717) is 16.5 Å². The lowest BCUT2D eigenvalue weighted by Gasteiger charge is -2.17. The number of nitrogens with two attached hydrogens (primary N) is 1. The van der Waals surface area contributed by atoms with Crippen LogP contribution in [0.5, 0.6) is 0 Å². The van der Waals surface area contributed by atoms with Gasteiger partial charge in [-0.1, -0.05) is 23.2 Å². The molecule has 0 spiro atoms. The average molecular weight is 301 g/mol. The fourth-order valence-electron chi connectivity index (χ4n) is 1.91. The maximum absolute atomic E-state index is 6.17. The Bertz CT molecular complexity index is 540. The zero-order chi connectivity index (χ0) is 13.1. The van der Waals surface area contributed by atoms with Crippen molar-refractivity contribution >= 4 is 34.5 Å². The minimum atomic E-state index is 0.0483. The van der Waals surface area contributed by atoms with Crippen LogP contribution in [0.3, 0.4) is 0 Å². The predicted molar refractivity (Wildman–Crippen MR) is 79.3 cm³/mol. The van der Waals surface area contributed by atoms with E-state index in [0.717, 1.165) is 5.56 Å². The molecule has 2 nitrogen and oxygen atoms in total. The fraction of sp³-hybridized carbons (Fsp3) is 0.231. The van der Waals surface area contributed by atoms with Crippen molar-refractivity contribution in [2.45, 2.75) is 19.4 Å². The zero-order valence-electron chi connectivity index (χ0n) is 9.91. The Balaban J connectivity index is 2.26. The van der Waals surface area contributed by atoms with Gasteiger partial charge in [-0.15, -0.1) is 0 Å². The normalized spacial score (nSPS) is 12.7. The third kappa shape index (κ3) is 3.05. The largest absolute Gasteiger partial charge is 0.271 e. The Morgan fingerprint density at radius 3 is 2.72 bits per heavy atom. The van der Waals surface area contributed by atoms with Gasteiger partial charge in [0, 0.05) is 10.0 Å². The van der Waals surface area contributed by atoms with Gasteiger partial charge in [0.2, 0.25) is 0 Å². The standard InChI is InChI=1S/C13H14Cl2N2S/c1-8-6-18-7-11(8)13(17-16)5-9-4-10(14)2-3-12(9)15/h2-4,6-7,13,17H,5,16H2,1H3. The smallest absolute Gasteiger partial charge is 0.0511 e. The summed E-state index contributed by atoms with van der Waals surface area (Å²) in [7, 11) is 0. The van der Waals surface area contributed by atoms with Crippen molar-refractivity contribution in [1.29, 1.82) is 0 Å². The molecule has 5 heteroatoms. The summed E-state index contributed by atoms with van der Waals surface area (Å²) in [5.74, 6) is 5.65. The highest BCUT2D eigenvalue weighted by Crippen LogP contribution is 2.28. The van der Waals surface area contributed by atoms with Crippen molar-refractivity contribution < 1.29 is 0 Å². The molecule has 1 unspecified atom stereocenters. The fourth-order valence-corrected chi connectivity index (χ4v) is 3.20. The highest BCUT2D eigenvalue weighted by atomic mass is 35.5. The second-order valence-electron chi connectivity index (χ2n) is 4.17. The molecule has 0 radical (unpaired) electrons. The van der Waals surface area contributed by atoms with E-state index in [1.165, 1.54) is 11.1 Å². The quantitative estimate of drug-likeness (QED) is 0.659. The van der Waals surface area contributed by atoms with E-state index >= 15 is 0 Å². The second kappa shape index (κ2) is 6.04. The van der Waals surface area contributed by atoms with Crippen LogP contribution in [0.25, 0.3) is 0 Å². The van der Waals surface area contributed by atoms with Gasteiger partial charge < -0.3 is 0 Å². The van der Waals surface area contributed by atoms with E-state index in [4.69, 9.17) is 29.0 Å². The molecule has 0 bridgehead atoms. The molecule has 0 aliphatic carbocycles. The molecule has 1 aromatic carbocycles. The van der Waals surface area contributed by atoms with Gasteiger partial charge in [-0.05, 0) is 59.0 Å². The molecule has 18 heavy (non-hydrogen) atoms. The van der Waals surface area contributed by atoms with Crippen LogP contribution in [0.2, 0.25) is 10.0 Å². The van der Waals surface area contributed by atoms with Gasteiger partial charge in [-0.3, -0.25) is 11.3 Å². The van der Waals surface area contributed by atoms with Gasteiger partial charge >= 0.3 is 0 Å². The number of rotatable bonds is 4. The van der Waals surface area contributed by atoms with E-state index in [-0.39, 0.29) is 6.04 Å². The summed E-state index contributed by atoms with van der Waals surface area (Å²) in [6.45, 7) is 2.08. The maximum Gasteiger partial charge on any atom is 0.0511 e. The monoisotopic (exact) mass is 300 g/mol. The van der Waals surface area contributed by atoms with Crippen LogP contribution < -0.4 is 11.3 Å². The molecule has 0 saturated heterocycles. The molecular weight excluding hydrogens is 287 g/mol. The van der Waals surface area contributed by atoms with E-state index in [2.05, 4.69) is 23.1 Å². The first-order valence-corrected chi connectivity index (χ1v) is 7.24. The molecule has 96 valence electrons. The topological polar surface area (TPSA) is 38.0 Å². The third-order valence-corrected chi connectivity index (χ3v) is 4.39. The van der Waals surface area contributed by atoms with Gasteiger partial charge in [-0.2, -0.15) is 11.3 Å². The minimum Gasteiger partial charge on any atom is -0.271 e. The summed E-state index contributed by atoms with van der Waals surface area (Å²) in [5.41, 5.74) is 6.29. The molecule has 1 atom stereocenters. The molecule has 0 saturated carbocycles. The van der Waals surface area contributed by atoms with Gasteiger partial charge in [0.1, 0.15) is 0 Å².